The Balaban J connectivity index is 2.78. The van der Waals surface area contributed by atoms with E-state index in [0.29, 0.717) is 6.42 Å². The molecule has 0 aliphatic heterocycles. The molecule has 0 radical (unpaired) electrons. The van der Waals surface area contributed by atoms with Gasteiger partial charge in [-0.3, -0.25) is 10.1 Å². The minimum atomic E-state index is -0.385. The maximum Gasteiger partial charge on any atom is 0.265 e. The normalized spacial score (nSPS) is 16.2. The summed E-state index contributed by atoms with van der Waals surface area (Å²) in [6.45, 7) is 0. The van der Waals surface area contributed by atoms with Crippen LogP contribution in [-0.4, -0.2) is 4.92 Å². The molecule has 0 aromatic heterocycles. The molecule has 3 nitrogen and oxygen atoms in total. The van der Waals surface area contributed by atoms with Gasteiger partial charge in [0.1, 0.15) is 0 Å². The summed E-state index contributed by atoms with van der Waals surface area (Å²) in [4.78, 5) is 9.78. The van der Waals surface area contributed by atoms with Crippen molar-refractivity contribution in [3.05, 3.63) is 46.2 Å². The Labute approximate surface area is 58.5 Å². The van der Waals surface area contributed by atoms with Crippen LogP contribution in [0.15, 0.2) is 36.1 Å². The van der Waals surface area contributed by atoms with Crippen LogP contribution in [0.1, 0.15) is 6.42 Å². The molecule has 0 aromatic rings. The molecule has 1 aliphatic rings. The van der Waals surface area contributed by atoms with E-state index in [0.717, 1.165) is 0 Å². The standard InChI is InChI=1S/C7H7NO2/c9-8(10)7-5-3-1-2-4-6-7/h1-3,5-6H,4H2. The van der Waals surface area contributed by atoms with E-state index in [1.807, 2.05) is 6.08 Å². The summed E-state index contributed by atoms with van der Waals surface area (Å²) in [5.41, 5.74) is 0.171. The lowest BCUT2D eigenvalue weighted by Gasteiger charge is -1.85. The fourth-order valence-corrected chi connectivity index (χ4v) is 0.704. The summed E-state index contributed by atoms with van der Waals surface area (Å²) in [5, 5.41) is 10.2. The summed E-state index contributed by atoms with van der Waals surface area (Å²) < 4.78 is 0. The summed E-state index contributed by atoms with van der Waals surface area (Å²) in [6, 6.07) is 0. The lowest BCUT2D eigenvalue weighted by atomic mass is 10.3. The topological polar surface area (TPSA) is 43.1 Å². The van der Waals surface area contributed by atoms with Crippen molar-refractivity contribution in [2.24, 2.45) is 0 Å². The SMILES string of the molecule is O=[N+]([O-])C1=CCC=CC=C1. The third kappa shape index (κ3) is 1.55. The van der Waals surface area contributed by atoms with E-state index in [-0.39, 0.29) is 10.6 Å². The Morgan fingerprint density at radius 2 is 2.30 bits per heavy atom. The summed E-state index contributed by atoms with van der Waals surface area (Å²) in [6.07, 6.45) is 9.05. The van der Waals surface area contributed by atoms with Gasteiger partial charge in [-0.2, -0.15) is 0 Å². The quantitative estimate of drug-likeness (QED) is 0.407. The van der Waals surface area contributed by atoms with E-state index in [2.05, 4.69) is 0 Å². The largest absolute Gasteiger partial charge is 0.265 e. The molecule has 0 atom stereocenters. The van der Waals surface area contributed by atoms with E-state index in [4.69, 9.17) is 0 Å². The number of nitrogens with zero attached hydrogens (tertiary/aromatic N) is 1. The van der Waals surface area contributed by atoms with Crippen LogP contribution in [0.3, 0.4) is 0 Å². The van der Waals surface area contributed by atoms with E-state index in [1.54, 1.807) is 18.2 Å². The van der Waals surface area contributed by atoms with Crippen LogP contribution in [0, 0.1) is 10.1 Å². The van der Waals surface area contributed by atoms with Gasteiger partial charge in [0.25, 0.3) is 5.70 Å². The zero-order chi connectivity index (χ0) is 7.40. The zero-order valence-corrected chi connectivity index (χ0v) is 5.36. The minimum absolute atomic E-state index is 0.171. The summed E-state index contributed by atoms with van der Waals surface area (Å²) in [7, 11) is 0. The molecule has 0 bridgehead atoms. The fraction of sp³-hybridized carbons (Fsp3) is 0.143. The first-order valence-corrected chi connectivity index (χ1v) is 2.98. The second-order valence-electron chi connectivity index (χ2n) is 1.91. The van der Waals surface area contributed by atoms with Crippen LogP contribution in [0.4, 0.5) is 0 Å². The van der Waals surface area contributed by atoms with Crippen molar-refractivity contribution in [1.29, 1.82) is 0 Å². The third-order valence-electron chi connectivity index (χ3n) is 1.19. The lowest BCUT2D eigenvalue weighted by molar-refractivity contribution is -0.419. The number of hydrogen-bond acceptors (Lipinski definition) is 2. The van der Waals surface area contributed by atoms with Crippen molar-refractivity contribution in [1.82, 2.24) is 0 Å². The van der Waals surface area contributed by atoms with Crippen LogP contribution < -0.4 is 0 Å². The highest BCUT2D eigenvalue weighted by molar-refractivity contribution is 5.21. The van der Waals surface area contributed by atoms with Crippen molar-refractivity contribution in [2.75, 3.05) is 0 Å². The minimum Gasteiger partial charge on any atom is -0.258 e. The molecule has 3 heteroatoms. The maximum absolute atomic E-state index is 10.2. The van der Waals surface area contributed by atoms with Gasteiger partial charge < -0.3 is 0 Å². The maximum atomic E-state index is 10.2. The van der Waals surface area contributed by atoms with Gasteiger partial charge in [0.05, 0.1) is 4.92 Å². The molecule has 1 rings (SSSR count). The van der Waals surface area contributed by atoms with Crippen molar-refractivity contribution in [3.63, 3.8) is 0 Å². The van der Waals surface area contributed by atoms with Gasteiger partial charge in [-0.15, -0.1) is 0 Å². The van der Waals surface area contributed by atoms with Crippen molar-refractivity contribution in [2.45, 2.75) is 6.42 Å². The van der Waals surface area contributed by atoms with Crippen molar-refractivity contribution >= 4 is 0 Å². The fourth-order valence-electron chi connectivity index (χ4n) is 0.704. The molecule has 0 fully saturated rings. The molecule has 0 saturated carbocycles. The van der Waals surface area contributed by atoms with Crippen LogP contribution in [0.25, 0.3) is 0 Å². The predicted molar refractivity (Wildman–Crippen MR) is 38.0 cm³/mol. The number of nitro groups is 1. The molecule has 0 aromatic carbocycles. The molecular weight excluding hydrogens is 130 g/mol. The first kappa shape index (κ1) is 6.74. The highest BCUT2D eigenvalue weighted by atomic mass is 16.6. The monoisotopic (exact) mass is 137 g/mol. The van der Waals surface area contributed by atoms with Crippen molar-refractivity contribution in [3.8, 4) is 0 Å². The highest BCUT2D eigenvalue weighted by Gasteiger charge is 2.03. The zero-order valence-electron chi connectivity index (χ0n) is 5.36. The average molecular weight is 137 g/mol. The van der Waals surface area contributed by atoms with E-state index < -0.39 is 0 Å². The molecule has 1 aliphatic carbocycles. The Morgan fingerprint density at radius 3 is 3.00 bits per heavy atom. The van der Waals surface area contributed by atoms with Gasteiger partial charge in [0.2, 0.25) is 0 Å². The van der Waals surface area contributed by atoms with Gasteiger partial charge in [-0.1, -0.05) is 18.2 Å². The molecule has 0 saturated heterocycles. The summed E-state index contributed by atoms with van der Waals surface area (Å²) >= 11 is 0. The van der Waals surface area contributed by atoms with Gasteiger partial charge in [0, 0.05) is 6.08 Å². The number of hydrogen-bond donors (Lipinski definition) is 0. The van der Waals surface area contributed by atoms with E-state index in [9.17, 15) is 10.1 Å². The van der Waals surface area contributed by atoms with Crippen LogP contribution in [0.2, 0.25) is 0 Å². The molecule has 0 N–H and O–H groups in total. The first-order valence-electron chi connectivity index (χ1n) is 2.98. The average Bonchev–Trinajstić information content (AvgIpc) is 2.12. The number of allylic oxidation sites excluding steroid dienone is 5. The van der Waals surface area contributed by atoms with Gasteiger partial charge in [-0.25, -0.2) is 0 Å². The van der Waals surface area contributed by atoms with Crippen LogP contribution in [0.5, 0.6) is 0 Å². The van der Waals surface area contributed by atoms with Gasteiger partial charge in [0.15, 0.2) is 0 Å². The smallest absolute Gasteiger partial charge is 0.258 e. The number of rotatable bonds is 1. The van der Waals surface area contributed by atoms with Gasteiger partial charge in [-0.05, 0) is 12.5 Å². The molecule has 0 heterocycles. The Morgan fingerprint density at radius 1 is 1.50 bits per heavy atom. The highest BCUT2D eigenvalue weighted by Crippen LogP contribution is 2.04. The molecule has 0 unspecified atom stereocenters. The second kappa shape index (κ2) is 2.96. The van der Waals surface area contributed by atoms with E-state index in [1.165, 1.54) is 6.08 Å². The van der Waals surface area contributed by atoms with E-state index >= 15 is 0 Å². The molecule has 52 valence electrons. The molecule has 0 amide bonds. The Hall–Kier alpha value is -1.38. The Bertz CT molecular complexity index is 226. The lowest BCUT2D eigenvalue weighted by Crippen LogP contribution is -1.93. The molecular formula is C7H7NO2. The Kier molecular flexibility index (Phi) is 1.99. The molecule has 10 heavy (non-hydrogen) atoms. The van der Waals surface area contributed by atoms with Crippen LogP contribution in [-0.2, 0) is 0 Å². The van der Waals surface area contributed by atoms with Gasteiger partial charge >= 0.3 is 0 Å². The second-order valence-corrected chi connectivity index (χ2v) is 1.91. The predicted octanol–water partition coefficient (Wildman–Crippen LogP) is 1.66. The summed E-state index contributed by atoms with van der Waals surface area (Å²) in [5.74, 6) is 0. The van der Waals surface area contributed by atoms with Crippen LogP contribution >= 0.6 is 0 Å². The first-order chi connectivity index (χ1) is 4.80. The third-order valence-corrected chi connectivity index (χ3v) is 1.19. The molecule has 0 spiro atoms. The van der Waals surface area contributed by atoms with Crippen molar-refractivity contribution < 1.29 is 4.92 Å².